The van der Waals surface area contributed by atoms with Crippen molar-refractivity contribution in [3.8, 4) is 0 Å². The highest BCUT2D eigenvalue weighted by Crippen LogP contribution is 2.25. The number of hydrogen-bond acceptors (Lipinski definition) is 5. The van der Waals surface area contributed by atoms with Gasteiger partial charge in [0.1, 0.15) is 12.1 Å². The van der Waals surface area contributed by atoms with Gasteiger partial charge in [0.15, 0.2) is 12.4 Å². The average Bonchev–Trinajstić information content (AvgIpc) is 3.23. The number of Topliss-reactive ketones (excluding diaryl/α,β-unsaturated/α-hetero) is 1. The monoisotopic (exact) mass is 372 g/mol. The Bertz CT molecular complexity index is 798. The smallest absolute Gasteiger partial charge is 0.326 e. The van der Waals surface area contributed by atoms with Crippen LogP contribution in [0.3, 0.4) is 0 Å². The second-order valence-electron chi connectivity index (χ2n) is 7.03. The summed E-state index contributed by atoms with van der Waals surface area (Å²) in [5.74, 6) is -1.51. The van der Waals surface area contributed by atoms with Crippen molar-refractivity contribution in [2.75, 3.05) is 13.2 Å². The number of imide groups is 1. The van der Waals surface area contributed by atoms with Crippen LogP contribution in [0, 0.1) is 0 Å². The standard InChI is InChI=1S/C20H24N2O5/c1-3-20(4-2)18(25)22(19(26)21-20)11-17(24)27-12-16(23)15-9-8-13-6-5-7-14(13)10-15/h8-10H,3-7,11-12H2,1-2H3,(H,21,26). The van der Waals surface area contributed by atoms with E-state index in [2.05, 4.69) is 5.32 Å². The minimum Gasteiger partial charge on any atom is -0.456 e. The molecule has 1 fully saturated rings. The van der Waals surface area contributed by atoms with Gasteiger partial charge in [-0.15, -0.1) is 0 Å². The topological polar surface area (TPSA) is 92.8 Å². The van der Waals surface area contributed by atoms with E-state index in [1.807, 2.05) is 12.1 Å². The van der Waals surface area contributed by atoms with Gasteiger partial charge in [0, 0.05) is 5.56 Å². The molecular weight excluding hydrogens is 348 g/mol. The fourth-order valence-corrected chi connectivity index (χ4v) is 3.70. The minimum absolute atomic E-state index is 0.299. The zero-order chi connectivity index (χ0) is 19.6. The van der Waals surface area contributed by atoms with Crippen molar-refractivity contribution < 1.29 is 23.9 Å². The van der Waals surface area contributed by atoms with Crippen LogP contribution in [-0.2, 0) is 27.2 Å². The number of hydrogen-bond donors (Lipinski definition) is 1. The molecular formula is C20H24N2O5. The maximum absolute atomic E-state index is 12.5. The lowest BCUT2D eigenvalue weighted by molar-refractivity contribution is -0.146. The zero-order valence-corrected chi connectivity index (χ0v) is 15.7. The van der Waals surface area contributed by atoms with Gasteiger partial charge in [0.25, 0.3) is 5.91 Å². The quantitative estimate of drug-likeness (QED) is 0.449. The van der Waals surface area contributed by atoms with Gasteiger partial charge < -0.3 is 10.1 Å². The Labute approximate surface area is 158 Å². The zero-order valence-electron chi connectivity index (χ0n) is 15.7. The van der Waals surface area contributed by atoms with Crippen LogP contribution >= 0.6 is 0 Å². The van der Waals surface area contributed by atoms with Crippen molar-refractivity contribution in [3.63, 3.8) is 0 Å². The van der Waals surface area contributed by atoms with E-state index in [1.54, 1.807) is 19.9 Å². The molecule has 1 saturated heterocycles. The molecule has 0 atom stereocenters. The van der Waals surface area contributed by atoms with Crippen LogP contribution in [0.5, 0.6) is 0 Å². The van der Waals surface area contributed by atoms with Gasteiger partial charge in [-0.25, -0.2) is 4.79 Å². The lowest BCUT2D eigenvalue weighted by Gasteiger charge is -2.22. The van der Waals surface area contributed by atoms with Crippen LogP contribution < -0.4 is 5.32 Å². The number of rotatable bonds is 7. The van der Waals surface area contributed by atoms with Gasteiger partial charge in [-0.05, 0) is 49.3 Å². The molecule has 144 valence electrons. The molecule has 0 aromatic heterocycles. The Balaban J connectivity index is 1.56. The van der Waals surface area contributed by atoms with Crippen molar-refractivity contribution in [1.29, 1.82) is 0 Å². The number of ketones is 1. The van der Waals surface area contributed by atoms with E-state index in [1.165, 1.54) is 11.1 Å². The number of fused-ring (bicyclic) bond motifs is 1. The van der Waals surface area contributed by atoms with Gasteiger partial charge in [-0.1, -0.05) is 26.0 Å². The third kappa shape index (κ3) is 3.59. The first-order valence-corrected chi connectivity index (χ1v) is 9.35. The predicted octanol–water partition coefficient (Wildman–Crippen LogP) is 2.01. The van der Waals surface area contributed by atoms with Crippen LogP contribution in [-0.4, -0.2) is 47.3 Å². The fraction of sp³-hybridized carbons (Fsp3) is 0.500. The van der Waals surface area contributed by atoms with E-state index >= 15 is 0 Å². The average molecular weight is 372 g/mol. The van der Waals surface area contributed by atoms with Gasteiger partial charge in [0.2, 0.25) is 0 Å². The van der Waals surface area contributed by atoms with Crippen molar-refractivity contribution >= 4 is 23.7 Å². The van der Waals surface area contributed by atoms with Gasteiger partial charge >= 0.3 is 12.0 Å². The lowest BCUT2D eigenvalue weighted by Crippen LogP contribution is -2.46. The second kappa shape index (κ2) is 7.50. The maximum Gasteiger partial charge on any atom is 0.326 e. The first-order chi connectivity index (χ1) is 12.9. The summed E-state index contributed by atoms with van der Waals surface area (Å²) in [5, 5.41) is 2.65. The summed E-state index contributed by atoms with van der Waals surface area (Å²) in [5.41, 5.74) is 1.98. The van der Waals surface area contributed by atoms with Crippen LogP contribution in [0.4, 0.5) is 4.79 Å². The van der Waals surface area contributed by atoms with E-state index in [0.717, 1.165) is 24.2 Å². The number of carbonyl (C=O) groups excluding carboxylic acids is 4. The molecule has 1 aromatic carbocycles. The number of aryl methyl sites for hydroxylation is 2. The van der Waals surface area contributed by atoms with Crippen molar-refractivity contribution in [1.82, 2.24) is 10.2 Å². The molecule has 0 bridgehead atoms. The molecule has 0 spiro atoms. The molecule has 0 saturated carbocycles. The first kappa shape index (κ1) is 19.1. The largest absolute Gasteiger partial charge is 0.456 e. The Hall–Kier alpha value is -2.70. The van der Waals surface area contributed by atoms with E-state index in [9.17, 15) is 19.2 Å². The van der Waals surface area contributed by atoms with Crippen LogP contribution in [0.1, 0.15) is 54.6 Å². The highest BCUT2D eigenvalue weighted by molar-refractivity contribution is 6.08. The van der Waals surface area contributed by atoms with Crippen molar-refractivity contribution in [3.05, 3.63) is 34.9 Å². The number of amides is 3. The fourth-order valence-electron chi connectivity index (χ4n) is 3.70. The first-order valence-electron chi connectivity index (χ1n) is 9.35. The Morgan fingerprint density at radius 3 is 2.52 bits per heavy atom. The lowest BCUT2D eigenvalue weighted by atomic mass is 9.93. The Morgan fingerprint density at radius 1 is 1.15 bits per heavy atom. The highest BCUT2D eigenvalue weighted by atomic mass is 16.5. The Morgan fingerprint density at radius 2 is 1.85 bits per heavy atom. The third-order valence-corrected chi connectivity index (χ3v) is 5.52. The molecule has 27 heavy (non-hydrogen) atoms. The Kier molecular flexibility index (Phi) is 5.30. The molecule has 0 radical (unpaired) electrons. The number of nitrogens with one attached hydrogen (secondary N) is 1. The van der Waals surface area contributed by atoms with Crippen molar-refractivity contribution in [2.45, 2.75) is 51.5 Å². The number of nitrogens with zero attached hydrogens (tertiary/aromatic N) is 1. The number of esters is 1. The summed E-state index contributed by atoms with van der Waals surface area (Å²) in [4.78, 5) is 49.7. The van der Waals surface area contributed by atoms with E-state index in [-0.39, 0.29) is 5.78 Å². The predicted molar refractivity (Wildman–Crippen MR) is 97.3 cm³/mol. The molecule has 1 aromatic rings. The number of benzene rings is 1. The molecule has 3 rings (SSSR count). The van der Waals surface area contributed by atoms with E-state index in [4.69, 9.17) is 4.74 Å². The highest BCUT2D eigenvalue weighted by Gasteiger charge is 2.49. The van der Waals surface area contributed by atoms with Crippen LogP contribution in [0.15, 0.2) is 18.2 Å². The van der Waals surface area contributed by atoms with Gasteiger partial charge in [0.05, 0.1) is 0 Å². The van der Waals surface area contributed by atoms with Crippen LogP contribution in [0.2, 0.25) is 0 Å². The molecule has 3 amide bonds. The molecule has 1 aliphatic heterocycles. The summed E-state index contributed by atoms with van der Waals surface area (Å²) in [7, 11) is 0. The third-order valence-electron chi connectivity index (χ3n) is 5.52. The molecule has 2 aliphatic rings. The minimum atomic E-state index is -0.961. The number of ether oxygens (including phenoxy) is 1. The summed E-state index contributed by atoms with van der Waals surface area (Å²) in [6, 6.07) is 4.94. The van der Waals surface area contributed by atoms with Crippen LogP contribution in [0.25, 0.3) is 0 Å². The second-order valence-corrected chi connectivity index (χ2v) is 7.03. The summed E-state index contributed by atoms with van der Waals surface area (Å²) < 4.78 is 5.01. The molecule has 7 nitrogen and oxygen atoms in total. The molecule has 1 N–H and O–H groups in total. The summed E-state index contributed by atoms with van der Waals surface area (Å²) in [6.07, 6.45) is 3.96. The van der Waals surface area contributed by atoms with Gasteiger partial charge in [-0.2, -0.15) is 0 Å². The molecule has 1 heterocycles. The maximum atomic E-state index is 12.5. The number of urea groups is 1. The molecule has 1 aliphatic carbocycles. The van der Waals surface area contributed by atoms with Gasteiger partial charge in [-0.3, -0.25) is 19.3 Å². The molecule has 0 unspecified atom stereocenters. The van der Waals surface area contributed by atoms with E-state index < -0.39 is 36.6 Å². The normalized spacial score (nSPS) is 17.6. The molecule has 7 heteroatoms. The SMILES string of the molecule is CCC1(CC)NC(=O)N(CC(=O)OCC(=O)c2ccc3c(c2)CCC3)C1=O. The number of carbonyl (C=O) groups is 4. The summed E-state index contributed by atoms with van der Waals surface area (Å²) >= 11 is 0. The summed E-state index contributed by atoms with van der Waals surface area (Å²) in [6.45, 7) is 2.70. The van der Waals surface area contributed by atoms with Crippen molar-refractivity contribution in [2.24, 2.45) is 0 Å². The van der Waals surface area contributed by atoms with E-state index in [0.29, 0.717) is 18.4 Å².